The Morgan fingerprint density at radius 1 is 1.19 bits per heavy atom. The summed E-state index contributed by atoms with van der Waals surface area (Å²) in [6, 6.07) is 10.5. The van der Waals surface area contributed by atoms with E-state index in [4.69, 9.17) is 0 Å². The largest absolute Gasteiger partial charge is 0.357 e. The quantitative estimate of drug-likeness (QED) is 0.318. The van der Waals surface area contributed by atoms with Crippen molar-refractivity contribution in [1.29, 1.82) is 0 Å². The monoisotopic (exact) mass is 308 g/mol. The van der Waals surface area contributed by atoms with E-state index in [-0.39, 0.29) is 0 Å². The van der Waals surface area contributed by atoms with Gasteiger partial charge in [0.05, 0.1) is 6.54 Å². The lowest BCUT2D eigenvalue weighted by molar-refractivity contribution is 0.363. The Kier molecular flexibility index (Phi) is 9.74. The fraction of sp³-hybridized carbons (Fsp3) is 0.562. The third-order valence-electron chi connectivity index (χ3n) is 3.04. The number of aliphatic imine (C=N–C) groups is 1. The molecule has 0 unspecified atom stereocenters. The number of thioether (sulfide) groups is 1. The Hall–Kier alpha value is -1.20. The van der Waals surface area contributed by atoms with Crippen molar-refractivity contribution in [1.82, 2.24) is 15.5 Å². The van der Waals surface area contributed by atoms with Crippen LogP contribution in [0.2, 0.25) is 0 Å². The lowest BCUT2D eigenvalue weighted by Gasteiger charge is -2.14. The highest BCUT2D eigenvalue weighted by molar-refractivity contribution is 7.99. The Balaban J connectivity index is 2.25. The molecule has 0 heterocycles. The fourth-order valence-corrected chi connectivity index (χ4v) is 2.48. The summed E-state index contributed by atoms with van der Waals surface area (Å²) in [4.78, 5) is 8.16. The van der Waals surface area contributed by atoms with E-state index >= 15 is 0 Å². The summed E-state index contributed by atoms with van der Waals surface area (Å²) in [7, 11) is 2.12. The van der Waals surface area contributed by atoms with Crippen LogP contribution in [0.3, 0.4) is 0 Å². The molecule has 0 aliphatic rings. The predicted octanol–water partition coefficient (Wildman–Crippen LogP) is 2.29. The Labute approximate surface area is 133 Å². The molecule has 0 aromatic heterocycles. The molecule has 0 radical (unpaired) electrons. The average molecular weight is 308 g/mol. The van der Waals surface area contributed by atoms with E-state index < -0.39 is 0 Å². The molecule has 0 saturated heterocycles. The van der Waals surface area contributed by atoms with Crippen LogP contribution in [0, 0.1) is 0 Å². The molecule has 0 aliphatic carbocycles. The van der Waals surface area contributed by atoms with Crippen molar-refractivity contribution < 1.29 is 0 Å². The number of likely N-dealkylation sites (N-methyl/N-ethyl adjacent to an activating group) is 1. The van der Waals surface area contributed by atoms with Gasteiger partial charge in [0.1, 0.15) is 0 Å². The predicted molar refractivity (Wildman–Crippen MR) is 94.3 cm³/mol. The molecular weight excluding hydrogens is 280 g/mol. The van der Waals surface area contributed by atoms with Crippen LogP contribution in [0.5, 0.6) is 0 Å². The Morgan fingerprint density at radius 2 is 1.95 bits per heavy atom. The Bertz CT molecular complexity index is 395. The summed E-state index contributed by atoms with van der Waals surface area (Å²) >= 11 is 1.86. The first-order valence-electron chi connectivity index (χ1n) is 7.64. The zero-order valence-electron chi connectivity index (χ0n) is 13.4. The number of hydrogen-bond donors (Lipinski definition) is 2. The maximum Gasteiger partial charge on any atom is 0.191 e. The lowest BCUT2D eigenvalue weighted by atomic mass is 10.4. The van der Waals surface area contributed by atoms with Gasteiger partial charge in [-0.25, -0.2) is 0 Å². The normalized spacial score (nSPS) is 11.7. The average Bonchev–Trinajstić information content (AvgIpc) is 2.52. The third kappa shape index (κ3) is 8.63. The summed E-state index contributed by atoms with van der Waals surface area (Å²) in [5.41, 5.74) is 0. The summed E-state index contributed by atoms with van der Waals surface area (Å²) in [6.45, 7) is 8.93. The highest BCUT2D eigenvalue weighted by Gasteiger charge is 1.98. The maximum absolute atomic E-state index is 4.59. The number of benzene rings is 1. The van der Waals surface area contributed by atoms with Crippen molar-refractivity contribution in [3.05, 3.63) is 30.3 Å². The van der Waals surface area contributed by atoms with Gasteiger partial charge in [0.2, 0.25) is 0 Å². The van der Waals surface area contributed by atoms with Gasteiger partial charge in [0.15, 0.2) is 5.96 Å². The summed E-state index contributed by atoms with van der Waals surface area (Å²) in [6.07, 6.45) is 0. The number of nitrogens with one attached hydrogen (secondary N) is 2. The van der Waals surface area contributed by atoms with Gasteiger partial charge < -0.3 is 15.5 Å². The topological polar surface area (TPSA) is 39.7 Å². The van der Waals surface area contributed by atoms with Crippen molar-refractivity contribution >= 4 is 17.7 Å². The molecule has 1 aromatic carbocycles. The van der Waals surface area contributed by atoms with Crippen LogP contribution in [0.4, 0.5) is 0 Å². The number of hydrogen-bond acceptors (Lipinski definition) is 3. The minimum atomic E-state index is 0.825. The van der Waals surface area contributed by atoms with E-state index in [0.717, 1.165) is 44.4 Å². The molecule has 2 N–H and O–H groups in total. The van der Waals surface area contributed by atoms with Crippen LogP contribution in [0.25, 0.3) is 0 Å². The van der Waals surface area contributed by atoms with E-state index in [1.807, 2.05) is 17.8 Å². The van der Waals surface area contributed by atoms with E-state index in [1.165, 1.54) is 4.90 Å². The first-order chi connectivity index (χ1) is 10.3. The van der Waals surface area contributed by atoms with Crippen molar-refractivity contribution in [2.45, 2.75) is 18.7 Å². The molecule has 0 saturated carbocycles. The first kappa shape index (κ1) is 17.9. The van der Waals surface area contributed by atoms with Crippen LogP contribution in [0.15, 0.2) is 40.2 Å². The highest BCUT2D eigenvalue weighted by atomic mass is 32.2. The standard InChI is InChI=1S/C16H28N4S/c1-4-17-16(18-11-13-20(3)5-2)19-12-14-21-15-9-7-6-8-10-15/h6-10H,4-5,11-14H2,1-3H3,(H2,17,18,19). The smallest absolute Gasteiger partial charge is 0.191 e. The third-order valence-corrected chi connectivity index (χ3v) is 4.06. The molecular formula is C16H28N4S. The van der Waals surface area contributed by atoms with Crippen molar-refractivity contribution in [3.63, 3.8) is 0 Å². The van der Waals surface area contributed by atoms with Gasteiger partial charge in [0, 0.05) is 30.3 Å². The zero-order chi connectivity index (χ0) is 15.3. The second-order valence-electron chi connectivity index (χ2n) is 4.74. The second kappa shape index (κ2) is 11.5. The number of guanidine groups is 1. The van der Waals surface area contributed by atoms with Crippen LogP contribution in [0.1, 0.15) is 13.8 Å². The van der Waals surface area contributed by atoms with Crippen LogP contribution in [-0.2, 0) is 0 Å². The van der Waals surface area contributed by atoms with E-state index in [0.29, 0.717) is 0 Å². The minimum Gasteiger partial charge on any atom is -0.357 e. The number of nitrogens with zero attached hydrogens (tertiary/aromatic N) is 2. The van der Waals surface area contributed by atoms with Crippen molar-refractivity contribution in [2.75, 3.05) is 45.5 Å². The van der Waals surface area contributed by atoms with E-state index in [2.05, 4.69) is 65.7 Å². The molecule has 4 nitrogen and oxygen atoms in total. The minimum absolute atomic E-state index is 0.825. The van der Waals surface area contributed by atoms with Gasteiger partial charge in [-0.15, -0.1) is 11.8 Å². The second-order valence-corrected chi connectivity index (χ2v) is 5.91. The molecule has 21 heavy (non-hydrogen) atoms. The van der Waals surface area contributed by atoms with E-state index in [1.54, 1.807) is 0 Å². The molecule has 1 rings (SSSR count). The zero-order valence-corrected chi connectivity index (χ0v) is 14.2. The van der Waals surface area contributed by atoms with Gasteiger partial charge in [0.25, 0.3) is 0 Å². The fourth-order valence-electron chi connectivity index (χ4n) is 1.69. The van der Waals surface area contributed by atoms with Crippen LogP contribution in [-0.4, -0.2) is 56.4 Å². The van der Waals surface area contributed by atoms with Gasteiger partial charge >= 0.3 is 0 Å². The molecule has 0 bridgehead atoms. The first-order valence-corrected chi connectivity index (χ1v) is 8.63. The number of rotatable bonds is 9. The van der Waals surface area contributed by atoms with Gasteiger partial charge in [-0.3, -0.25) is 4.99 Å². The highest BCUT2D eigenvalue weighted by Crippen LogP contribution is 2.15. The molecule has 0 amide bonds. The summed E-state index contributed by atoms with van der Waals surface area (Å²) in [5, 5.41) is 6.67. The molecule has 0 spiro atoms. The van der Waals surface area contributed by atoms with E-state index in [9.17, 15) is 0 Å². The molecule has 1 aromatic rings. The van der Waals surface area contributed by atoms with Crippen LogP contribution >= 0.6 is 11.8 Å². The van der Waals surface area contributed by atoms with Crippen molar-refractivity contribution in [3.8, 4) is 0 Å². The summed E-state index contributed by atoms with van der Waals surface area (Å²) in [5.74, 6) is 1.94. The lowest BCUT2D eigenvalue weighted by Crippen LogP contribution is -2.39. The maximum atomic E-state index is 4.59. The van der Waals surface area contributed by atoms with Gasteiger partial charge in [-0.2, -0.15) is 0 Å². The SMILES string of the molecule is CCNC(=NCCN(C)CC)NCCSc1ccccc1. The molecule has 5 heteroatoms. The molecule has 0 aliphatic heterocycles. The van der Waals surface area contributed by atoms with Crippen molar-refractivity contribution in [2.24, 2.45) is 4.99 Å². The summed E-state index contributed by atoms with van der Waals surface area (Å²) < 4.78 is 0. The molecule has 0 atom stereocenters. The Morgan fingerprint density at radius 3 is 2.62 bits per heavy atom. The molecule has 118 valence electrons. The molecule has 0 fully saturated rings. The van der Waals surface area contributed by atoms with Gasteiger partial charge in [-0.05, 0) is 32.6 Å². The van der Waals surface area contributed by atoms with Gasteiger partial charge in [-0.1, -0.05) is 25.1 Å². The van der Waals surface area contributed by atoms with Crippen LogP contribution < -0.4 is 10.6 Å².